The molecule has 0 spiro atoms. The molecule has 0 amide bonds. The number of thiazole rings is 1. The van der Waals surface area contributed by atoms with Gasteiger partial charge in [0, 0.05) is 22.0 Å². The van der Waals surface area contributed by atoms with E-state index < -0.39 is 0 Å². The first-order chi connectivity index (χ1) is 12.8. The number of anilines is 2. The van der Waals surface area contributed by atoms with Crippen LogP contribution in [-0.4, -0.2) is 9.97 Å². The Kier molecular flexibility index (Phi) is 3.54. The van der Waals surface area contributed by atoms with Crippen LogP contribution >= 0.6 is 11.3 Å². The van der Waals surface area contributed by atoms with E-state index in [1.165, 1.54) is 6.39 Å². The third-order valence-electron chi connectivity index (χ3n) is 4.04. The number of benzene rings is 2. The summed E-state index contributed by atoms with van der Waals surface area (Å²) in [7, 11) is 0. The maximum Gasteiger partial charge on any atom is 0.187 e. The van der Waals surface area contributed by atoms with E-state index in [1.54, 1.807) is 17.5 Å². The van der Waals surface area contributed by atoms with Gasteiger partial charge in [-0.25, -0.2) is 9.97 Å². The SMILES string of the molecule is c1ccc2oc(-c3csc(Nc4ccc(-c5cnco5)cc4)n3)cc2c1. The molecule has 5 rings (SSSR count). The van der Waals surface area contributed by atoms with Gasteiger partial charge in [0.05, 0.1) is 6.20 Å². The number of aromatic nitrogens is 2. The van der Waals surface area contributed by atoms with Gasteiger partial charge in [0.25, 0.3) is 0 Å². The van der Waals surface area contributed by atoms with Gasteiger partial charge in [-0.3, -0.25) is 0 Å². The van der Waals surface area contributed by atoms with E-state index in [4.69, 9.17) is 8.83 Å². The Morgan fingerprint density at radius 3 is 2.65 bits per heavy atom. The molecule has 6 heteroatoms. The van der Waals surface area contributed by atoms with Gasteiger partial charge in [0.2, 0.25) is 0 Å². The van der Waals surface area contributed by atoms with E-state index in [0.717, 1.165) is 44.6 Å². The van der Waals surface area contributed by atoms with Crippen LogP contribution < -0.4 is 5.32 Å². The van der Waals surface area contributed by atoms with E-state index in [2.05, 4.69) is 15.3 Å². The summed E-state index contributed by atoms with van der Waals surface area (Å²) < 4.78 is 11.2. The van der Waals surface area contributed by atoms with Crippen molar-refractivity contribution in [3.05, 3.63) is 72.6 Å². The first-order valence-corrected chi connectivity index (χ1v) is 8.93. The number of furan rings is 1. The van der Waals surface area contributed by atoms with Crippen LogP contribution in [0.25, 0.3) is 33.7 Å². The lowest BCUT2D eigenvalue weighted by atomic mass is 10.2. The lowest BCUT2D eigenvalue weighted by Gasteiger charge is -2.03. The average molecular weight is 359 g/mol. The molecule has 26 heavy (non-hydrogen) atoms. The summed E-state index contributed by atoms with van der Waals surface area (Å²) in [5.41, 5.74) is 3.63. The first kappa shape index (κ1) is 14.9. The Morgan fingerprint density at radius 2 is 1.85 bits per heavy atom. The van der Waals surface area contributed by atoms with Gasteiger partial charge >= 0.3 is 0 Å². The molecule has 3 heterocycles. The van der Waals surface area contributed by atoms with Crippen molar-refractivity contribution in [1.29, 1.82) is 0 Å². The topological polar surface area (TPSA) is 64.1 Å². The number of hydrogen-bond donors (Lipinski definition) is 1. The van der Waals surface area contributed by atoms with Crippen LogP contribution in [0, 0.1) is 0 Å². The largest absolute Gasteiger partial charge is 0.454 e. The van der Waals surface area contributed by atoms with E-state index in [0.29, 0.717) is 0 Å². The molecule has 0 atom stereocenters. The van der Waals surface area contributed by atoms with Crippen molar-refractivity contribution in [2.24, 2.45) is 0 Å². The van der Waals surface area contributed by atoms with Crippen LogP contribution in [0.2, 0.25) is 0 Å². The zero-order valence-corrected chi connectivity index (χ0v) is 14.4. The monoisotopic (exact) mass is 359 g/mol. The molecule has 0 bridgehead atoms. The summed E-state index contributed by atoms with van der Waals surface area (Å²) in [5.74, 6) is 1.52. The van der Waals surface area contributed by atoms with Crippen LogP contribution in [0.1, 0.15) is 0 Å². The fourth-order valence-electron chi connectivity index (χ4n) is 2.75. The molecule has 126 valence electrons. The molecule has 5 nitrogen and oxygen atoms in total. The van der Waals surface area contributed by atoms with Crippen LogP contribution in [0.4, 0.5) is 10.8 Å². The second-order valence-electron chi connectivity index (χ2n) is 5.75. The van der Waals surface area contributed by atoms with Gasteiger partial charge in [0.15, 0.2) is 23.0 Å². The highest BCUT2D eigenvalue weighted by Crippen LogP contribution is 2.31. The van der Waals surface area contributed by atoms with Gasteiger partial charge in [0.1, 0.15) is 11.3 Å². The summed E-state index contributed by atoms with van der Waals surface area (Å²) in [6.45, 7) is 0. The summed E-state index contributed by atoms with van der Waals surface area (Å²) in [6.07, 6.45) is 3.12. The third kappa shape index (κ3) is 2.76. The van der Waals surface area contributed by atoms with Crippen molar-refractivity contribution in [3.63, 3.8) is 0 Å². The quantitative estimate of drug-likeness (QED) is 0.429. The standard InChI is InChI=1S/C20H13N3O2S/c1-2-4-17-14(3-1)9-18(25-17)16-11-26-20(23-16)22-15-7-5-13(6-8-15)19-10-21-12-24-19/h1-12H,(H,22,23). The van der Waals surface area contributed by atoms with Crippen LogP contribution in [0.15, 0.2) is 81.4 Å². The molecule has 1 N–H and O–H groups in total. The van der Waals surface area contributed by atoms with E-state index >= 15 is 0 Å². The molecule has 0 unspecified atom stereocenters. The number of rotatable bonds is 4. The van der Waals surface area contributed by atoms with E-state index in [1.807, 2.05) is 60.0 Å². The Labute approximate surface area is 153 Å². The minimum atomic E-state index is 0.748. The van der Waals surface area contributed by atoms with Crippen molar-refractivity contribution in [3.8, 4) is 22.8 Å². The summed E-state index contributed by atoms with van der Waals surface area (Å²) in [4.78, 5) is 8.56. The van der Waals surface area contributed by atoms with E-state index in [-0.39, 0.29) is 0 Å². The summed E-state index contributed by atoms with van der Waals surface area (Å²) >= 11 is 1.54. The molecule has 0 saturated carbocycles. The minimum Gasteiger partial charge on any atom is -0.454 e. The normalized spacial score (nSPS) is 11.1. The molecule has 0 aliphatic rings. The zero-order valence-electron chi connectivity index (χ0n) is 13.5. The highest BCUT2D eigenvalue weighted by Gasteiger charge is 2.10. The van der Waals surface area contributed by atoms with Crippen molar-refractivity contribution >= 4 is 33.1 Å². The maximum atomic E-state index is 5.87. The molecule has 0 radical (unpaired) electrons. The Hall–Kier alpha value is -3.38. The molecule has 0 fully saturated rings. The number of nitrogens with one attached hydrogen (secondary N) is 1. The van der Waals surface area contributed by atoms with Crippen molar-refractivity contribution in [2.45, 2.75) is 0 Å². The predicted octanol–water partition coefficient (Wildman–Crippen LogP) is 5.95. The highest BCUT2D eigenvalue weighted by atomic mass is 32.1. The maximum absolute atomic E-state index is 5.87. The Balaban J connectivity index is 1.37. The van der Waals surface area contributed by atoms with Crippen LogP contribution in [0.3, 0.4) is 0 Å². The summed E-state index contributed by atoms with van der Waals surface area (Å²) in [5, 5.41) is 7.20. The molecule has 2 aromatic carbocycles. The molecule has 0 aliphatic carbocycles. The summed E-state index contributed by atoms with van der Waals surface area (Å²) in [6, 6.07) is 17.9. The predicted molar refractivity (Wildman–Crippen MR) is 103 cm³/mol. The number of fused-ring (bicyclic) bond motifs is 1. The van der Waals surface area contributed by atoms with Gasteiger partial charge in [-0.2, -0.15) is 0 Å². The van der Waals surface area contributed by atoms with Crippen molar-refractivity contribution in [2.75, 3.05) is 5.32 Å². The van der Waals surface area contributed by atoms with Gasteiger partial charge in [-0.15, -0.1) is 11.3 Å². The lowest BCUT2D eigenvalue weighted by molar-refractivity contribution is 0.572. The molecular weight excluding hydrogens is 346 g/mol. The number of oxazole rings is 1. The Bertz CT molecular complexity index is 1120. The average Bonchev–Trinajstić information content (AvgIpc) is 3.42. The number of para-hydroxylation sites is 1. The molecule has 0 aliphatic heterocycles. The first-order valence-electron chi connectivity index (χ1n) is 8.05. The van der Waals surface area contributed by atoms with Gasteiger partial charge in [-0.05, 0) is 36.4 Å². The lowest BCUT2D eigenvalue weighted by Crippen LogP contribution is -1.89. The van der Waals surface area contributed by atoms with Crippen LogP contribution in [0.5, 0.6) is 0 Å². The second kappa shape index (κ2) is 6.16. The van der Waals surface area contributed by atoms with Gasteiger partial charge in [-0.1, -0.05) is 18.2 Å². The Morgan fingerprint density at radius 1 is 0.962 bits per heavy atom. The second-order valence-corrected chi connectivity index (χ2v) is 6.61. The number of hydrogen-bond acceptors (Lipinski definition) is 6. The molecule has 0 saturated heterocycles. The smallest absolute Gasteiger partial charge is 0.187 e. The fourth-order valence-corrected chi connectivity index (χ4v) is 3.47. The minimum absolute atomic E-state index is 0.748. The van der Waals surface area contributed by atoms with Crippen molar-refractivity contribution < 1.29 is 8.83 Å². The molecule has 3 aromatic heterocycles. The van der Waals surface area contributed by atoms with Gasteiger partial charge < -0.3 is 14.2 Å². The highest BCUT2D eigenvalue weighted by molar-refractivity contribution is 7.14. The fraction of sp³-hybridized carbons (Fsp3) is 0. The van der Waals surface area contributed by atoms with Crippen molar-refractivity contribution in [1.82, 2.24) is 9.97 Å². The zero-order chi connectivity index (χ0) is 17.3. The van der Waals surface area contributed by atoms with E-state index in [9.17, 15) is 0 Å². The number of nitrogens with zero attached hydrogens (tertiary/aromatic N) is 2. The van der Waals surface area contributed by atoms with Crippen LogP contribution in [-0.2, 0) is 0 Å². The molecular formula is C20H13N3O2S. The third-order valence-corrected chi connectivity index (χ3v) is 4.79. The molecule has 5 aromatic rings.